The van der Waals surface area contributed by atoms with Crippen LogP contribution in [0.5, 0.6) is 0 Å². The van der Waals surface area contributed by atoms with Gasteiger partial charge >= 0.3 is 11.9 Å². The molecule has 0 aliphatic carbocycles. The Balaban J connectivity index is 2.68. The molecule has 2 N–H and O–H groups in total. The molecule has 1 aliphatic rings. The zero-order valence-corrected chi connectivity index (χ0v) is 28.4. The fourth-order valence-corrected chi connectivity index (χ4v) is 6.18. The number of hydrogen-bond donors (Lipinski definition) is 2. The number of cyclic esters (lactones) is 1. The first-order chi connectivity index (χ1) is 20.6. The molecule has 44 heavy (non-hydrogen) atoms. The van der Waals surface area contributed by atoms with Gasteiger partial charge in [0, 0.05) is 36.7 Å². The van der Waals surface area contributed by atoms with Gasteiger partial charge in [0.2, 0.25) is 5.91 Å². The van der Waals surface area contributed by atoms with Crippen molar-refractivity contribution in [3.63, 3.8) is 0 Å². The third kappa shape index (κ3) is 11.1. The van der Waals surface area contributed by atoms with Crippen LogP contribution in [0.3, 0.4) is 0 Å². The molecule has 0 aromatic heterocycles. The second kappa shape index (κ2) is 17.3. The summed E-state index contributed by atoms with van der Waals surface area (Å²) in [5.41, 5.74) is 2.87. The third-order valence-electron chi connectivity index (χ3n) is 8.78. The summed E-state index contributed by atoms with van der Waals surface area (Å²) in [6.07, 6.45) is 5.95. The topological polar surface area (TPSA) is 102 Å². The highest BCUT2D eigenvalue weighted by Gasteiger charge is 2.33. The van der Waals surface area contributed by atoms with Crippen molar-refractivity contribution in [3.05, 3.63) is 70.8 Å². The molecule has 1 aromatic carbocycles. The molecule has 1 amide bonds. The summed E-state index contributed by atoms with van der Waals surface area (Å²) in [7, 11) is 0. The molecule has 0 radical (unpaired) electrons. The van der Waals surface area contributed by atoms with Gasteiger partial charge in [-0.15, -0.1) is 0 Å². The van der Waals surface area contributed by atoms with Crippen molar-refractivity contribution in [2.24, 2.45) is 29.6 Å². The monoisotopic (exact) mass is 609 g/mol. The quantitative estimate of drug-likeness (QED) is 0.262. The highest BCUT2D eigenvalue weighted by atomic mass is 16.5. The van der Waals surface area contributed by atoms with Crippen LogP contribution >= 0.6 is 0 Å². The van der Waals surface area contributed by atoms with Gasteiger partial charge in [-0.1, -0.05) is 96.5 Å². The van der Waals surface area contributed by atoms with Gasteiger partial charge in [0.1, 0.15) is 18.2 Å². The van der Waals surface area contributed by atoms with E-state index in [0.29, 0.717) is 11.5 Å². The molecule has 1 aliphatic heterocycles. The van der Waals surface area contributed by atoms with Gasteiger partial charge in [-0.05, 0) is 55.7 Å². The minimum atomic E-state index is -0.907. The van der Waals surface area contributed by atoms with Crippen molar-refractivity contribution in [3.8, 4) is 0 Å². The first-order valence-corrected chi connectivity index (χ1v) is 16.1. The maximum absolute atomic E-state index is 13.9. The van der Waals surface area contributed by atoms with E-state index < -0.39 is 36.3 Å². The van der Waals surface area contributed by atoms with Crippen LogP contribution in [0.15, 0.2) is 65.3 Å². The van der Waals surface area contributed by atoms with Crippen molar-refractivity contribution in [1.29, 1.82) is 0 Å². The number of hydrogen-bond acceptors (Lipinski definition) is 6. The summed E-state index contributed by atoms with van der Waals surface area (Å²) < 4.78 is 12.1. The molecule has 7 nitrogen and oxygen atoms in total. The Morgan fingerprint density at radius 3 is 2.16 bits per heavy atom. The Labute approximate surface area is 265 Å². The van der Waals surface area contributed by atoms with E-state index in [2.05, 4.69) is 26.1 Å². The Bertz CT molecular complexity index is 1200. The maximum atomic E-state index is 13.9. The Hall–Kier alpha value is -3.19. The van der Waals surface area contributed by atoms with Gasteiger partial charge in [0.25, 0.3) is 0 Å². The van der Waals surface area contributed by atoms with Gasteiger partial charge in [0.05, 0.1) is 6.10 Å². The standard InChI is InChI=1S/C37H55NO6/c1-11-22(2)17-25(5)35-28(8)20-27(7)34(43-30(10)39)26(6)18-23(3)33(40)24(4)19-29(9)36(41)38-32(37(42)44-35)21-31-15-13-12-14-16-31/h12-16,18-20,22,24-26,28,32-35,40H,11,17,21H2,1-10H3,(H,38,41)/b23-18-,27-20-,29-19-/t22-,24-,25-,26-,28-,32-,33-,34-,35+/m0/s1. The number of aliphatic hydroxyl groups excluding tert-OH is 1. The van der Waals surface area contributed by atoms with Crippen LogP contribution in [0.25, 0.3) is 0 Å². The van der Waals surface area contributed by atoms with Crippen molar-refractivity contribution < 1.29 is 29.0 Å². The highest BCUT2D eigenvalue weighted by Crippen LogP contribution is 2.30. The molecular weight excluding hydrogens is 554 g/mol. The fourth-order valence-electron chi connectivity index (χ4n) is 6.18. The van der Waals surface area contributed by atoms with Crippen molar-refractivity contribution >= 4 is 17.8 Å². The maximum Gasteiger partial charge on any atom is 0.329 e. The predicted octanol–water partition coefficient (Wildman–Crippen LogP) is 6.75. The van der Waals surface area contributed by atoms with E-state index in [1.165, 1.54) is 6.92 Å². The summed E-state index contributed by atoms with van der Waals surface area (Å²) in [6, 6.07) is 8.65. The average Bonchev–Trinajstić information content (AvgIpc) is 2.96. The number of ether oxygens (including phenoxy) is 2. The van der Waals surface area contributed by atoms with Crippen LogP contribution in [0.2, 0.25) is 0 Å². The lowest BCUT2D eigenvalue weighted by molar-refractivity contribution is -0.157. The van der Waals surface area contributed by atoms with E-state index >= 15 is 0 Å². The number of nitrogens with one attached hydrogen (secondary N) is 1. The van der Waals surface area contributed by atoms with E-state index in [1.807, 2.05) is 77.1 Å². The van der Waals surface area contributed by atoms with Crippen LogP contribution in [-0.4, -0.2) is 47.3 Å². The molecule has 1 aromatic rings. The minimum Gasteiger partial charge on any atom is -0.460 e. The van der Waals surface area contributed by atoms with Gasteiger partial charge < -0.3 is 19.9 Å². The van der Waals surface area contributed by atoms with Crippen molar-refractivity contribution in [2.75, 3.05) is 0 Å². The zero-order valence-electron chi connectivity index (χ0n) is 28.4. The molecule has 9 atom stereocenters. The number of esters is 2. The molecule has 0 saturated heterocycles. The lowest BCUT2D eigenvalue weighted by Crippen LogP contribution is -2.46. The largest absolute Gasteiger partial charge is 0.460 e. The van der Waals surface area contributed by atoms with E-state index in [9.17, 15) is 19.5 Å². The summed E-state index contributed by atoms with van der Waals surface area (Å²) in [6.45, 7) is 19.1. The van der Waals surface area contributed by atoms with Crippen LogP contribution < -0.4 is 5.32 Å². The summed E-state index contributed by atoms with van der Waals surface area (Å²) in [5.74, 6) is -1.62. The number of rotatable bonds is 7. The molecule has 0 bridgehead atoms. The van der Waals surface area contributed by atoms with Crippen LogP contribution in [-0.2, 0) is 30.3 Å². The summed E-state index contributed by atoms with van der Waals surface area (Å²) in [4.78, 5) is 39.5. The van der Waals surface area contributed by atoms with Crippen LogP contribution in [0, 0.1) is 29.6 Å². The van der Waals surface area contributed by atoms with Gasteiger partial charge in [-0.2, -0.15) is 0 Å². The molecule has 244 valence electrons. The van der Waals surface area contributed by atoms with E-state index in [-0.39, 0.29) is 36.0 Å². The number of aliphatic hydroxyl groups is 1. The van der Waals surface area contributed by atoms with E-state index in [4.69, 9.17) is 9.47 Å². The Morgan fingerprint density at radius 1 is 0.955 bits per heavy atom. The molecule has 0 unspecified atom stereocenters. The summed E-state index contributed by atoms with van der Waals surface area (Å²) in [5, 5.41) is 14.1. The Morgan fingerprint density at radius 2 is 1.57 bits per heavy atom. The van der Waals surface area contributed by atoms with Crippen LogP contribution in [0.4, 0.5) is 0 Å². The Kier molecular flexibility index (Phi) is 14.6. The molecular formula is C37H55NO6. The third-order valence-corrected chi connectivity index (χ3v) is 8.78. The molecule has 0 spiro atoms. The fraction of sp³-hybridized carbons (Fsp3) is 0.595. The van der Waals surface area contributed by atoms with E-state index in [1.54, 1.807) is 13.0 Å². The van der Waals surface area contributed by atoms with Gasteiger partial charge in [-0.25, -0.2) is 4.79 Å². The molecule has 1 heterocycles. The second-order valence-electron chi connectivity index (χ2n) is 13.1. The SMILES string of the molecule is CC[C@H](C)C[C@H](C)[C@H]1OC(=O)[C@H](Cc2ccccc2)NC(=O)/C(C)=C\[C@H](C)[C@@H](O)/C(C)=C\[C@H](C)[C@H](OC(C)=O)/C(C)=C\[C@@H]1C. The van der Waals surface area contributed by atoms with Crippen molar-refractivity contribution in [1.82, 2.24) is 5.32 Å². The summed E-state index contributed by atoms with van der Waals surface area (Å²) >= 11 is 0. The first kappa shape index (κ1) is 37.0. The predicted molar refractivity (Wildman–Crippen MR) is 176 cm³/mol. The molecule has 2 rings (SSSR count). The zero-order chi connectivity index (χ0) is 33.1. The number of amides is 1. The molecule has 0 saturated carbocycles. The van der Waals surface area contributed by atoms with E-state index in [0.717, 1.165) is 29.6 Å². The number of carbonyl (C=O) groups excluding carboxylic acids is 3. The van der Waals surface area contributed by atoms with Gasteiger partial charge in [0.15, 0.2) is 0 Å². The first-order valence-electron chi connectivity index (χ1n) is 16.1. The lowest BCUT2D eigenvalue weighted by Gasteiger charge is -2.32. The second-order valence-corrected chi connectivity index (χ2v) is 13.1. The normalized spacial score (nSPS) is 32.7. The van der Waals surface area contributed by atoms with Crippen molar-refractivity contribution in [2.45, 2.75) is 113 Å². The highest BCUT2D eigenvalue weighted by molar-refractivity contribution is 5.95. The smallest absolute Gasteiger partial charge is 0.329 e. The molecule has 7 heteroatoms. The van der Waals surface area contributed by atoms with Gasteiger partial charge in [-0.3, -0.25) is 9.59 Å². The minimum absolute atomic E-state index is 0.0347. The molecule has 0 fully saturated rings. The number of carbonyl (C=O) groups is 3. The van der Waals surface area contributed by atoms with Crippen LogP contribution in [0.1, 0.15) is 87.6 Å². The average molecular weight is 610 g/mol. The number of benzene rings is 1. The lowest BCUT2D eigenvalue weighted by atomic mass is 9.84.